The number of nitrogens with zero attached hydrogens (tertiary/aromatic N) is 2. The molecule has 112 valence electrons. The Morgan fingerprint density at radius 1 is 1.14 bits per heavy atom. The van der Waals surface area contributed by atoms with Crippen LogP contribution >= 0.6 is 11.8 Å². The largest absolute Gasteiger partial charge is 0.416 e. The van der Waals surface area contributed by atoms with Crippen LogP contribution in [0.1, 0.15) is 16.1 Å². The highest BCUT2D eigenvalue weighted by atomic mass is 32.2. The summed E-state index contributed by atoms with van der Waals surface area (Å²) in [5, 5.41) is -0.279. The van der Waals surface area contributed by atoms with Gasteiger partial charge in [0.25, 0.3) is 0 Å². The number of carbonyl (C=O) groups is 1. The third kappa shape index (κ3) is 2.85. The standard InChI is InChI=1S/C15H9F3N2OS/c16-15(17,18)10-6-7-20-12(9-19-13(20)8-10)14(21)22-11-4-2-1-3-5-11/h1-9H. The van der Waals surface area contributed by atoms with Crippen molar-refractivity contribution in [3.8, 4) is 0 Å². The predicted octanol–water partition coefficient (Wildman–Crippen LogP) is 4.29. The molecule has 3 rings (SSSR count). The number of fused-ring (bicyclic) bond motifs is 1. The number of imidazole rings is 1. The Kier molecular flexibility index (Phi) is 3.66. The second kappa shape index (κ2) is 5.49. The zero-order valence-corrected chi connectivity index (χ0v) is 11.9. The van der Waals surface area contributed by atoms with Gasteiger partial charge in [0.05, 0.1) is 11.8 Å². The van der Waals surface area contributed by atoms with Crippen LogP contribution < -0.4 is 0 Å². The molecule has 0 aliphatic heterocycles. The number of halogens is 3. The topological polar surface area (TPSA) is 34.4 Å². The molecule has 1 aromatic carbocycles. The van der Waals surface area contributed by atoms with Crippen molar-refractivity contribution in [3.63, 3.8) is 0 Å². The van der Waals surface area contributed by atoms with E-state index in [1.807, 2.05) is 6.07 Å². The average molecular weight is 322 g/mol. The summed E-state index contributed by atoms with van der Waals surface area (Å²) in [5.41, 5.74) is -0.468. The van der Waals surface area contributed by atoms with Crippen LogP contribution in [-0.2, 0) is 6.18 Å². The van der Waals surface area contributed by atoms with Gasteiger partial charge in [0.2, 0.25) is 5.12 Å². The number of rotatable bonds is 2. The monoisotopic (exact) mass is 322 g/mol. The lowest BCUT2D eigenvalue weighted by molar-refractivity contribution is -0.137. The Labute approximate surface area is 127 Å². The van der Waals surface area contributed by atoms with Crippen LogP contribution in [0.5, 0.6) is 0 Å². The molecule has 0 unspecified atom stereocenters. The summed E-state index contributed by atoms with van der Waals surface area (Å²) in [6.07, 6.45) is -1.94. The normalized spacial score (nSPS) is 11.8. The molecule has 0 amide bonds. The first-order valence-corrected chi connectivity index (χ1v) is 7.08. The summed E-state index contributed by atoms with van der Waals surface area (Å²) in [5.74, 6) is 0. The van der Waals surface area contributed by atoms with E-state index in [0.717, 1.165) is 28.8 Å². The van der Waals surface area contributed by atoms with Crippen molar-refractivity contribution >= 4 is 22.5 Å². The maximum atomic E-state index is 12.7. The minimum Gasteiger partial charge on any atom is -0.296 e. The highest BCUT2D eigenvalue weighted by Crippen LogP contribution is 2.30. The summed E-state index contributed by atoms with van der Waals surface area (Å²) in [7, 11) is 0. The highest BCUT2D eigenvalue weighted by Gasteiger charge is 2.31. The van der Waals surface area contributed by atoms with Crippen molar-refractivity contribution in [2.75, 3.05) is 0 Å². The van der Waals surface area contributed by atoms with E-state index in [-0.39, 0.29) is 16.5 Å². The minimum atomic E-state index is -4.43. The summed E-state index contributed by atoms with van der Waals surface area (Å²) in [4.78, 5) is 16.9. The van der Waals surface area contributed by atoms with Crippen molar-refractivity contribution in [3.05, 3.63) is 66.1 Å². The molecular weight excluding hydrogens is 313 g/mol. The SMILES string of the molecule is O=C(Sc1ccccc1)c1cnc2cc(C(F)(F)F)ccn12. The van der Waals surface area contributed by atoms with Gasteiger partial charge >= 0.3 is 6.18 Å². The number of benzene rings is 1. The van der Waals surface area contributed by atoms with Crippen molar-refractivity contribution in [1.29, 1.82) is 0 Å². The highest BCUT2D eigenvalue weighted by molar-refractivity contribution is 8.14. The molecule has 0 radical (unpaired) electrons. The smallest absolute Gasteiger partial charge is 0.296 e. The van der Waals surface area contributed by atoms with Crippen LogP contribution in [0, 0.1) is 0 Å². The van der Waals surface area contributed by atoms with Crippen molar-refractivity contribution in [2.45, 2.75) is 11.1 Å². The molecule has 2 heterocycles. The van der Waals surface area contributed by atoms with E-state index in [9.17, 15) is 18.0 Å². The minimum absolute atomic E-state index is 0.0897. The lowest BCUT2D eigenvalue weighted by Crippen LogP contribution is -2.06. The number of hydrogen-bond acceptors (Lipinski definition) is 3. The molecule has 0 bridgehead atoms. The van der Waals surface area contributed by atoms with Crippen LogP contribution in [0.15, 0.2) is 59.8 Å². The third-order valence-electron chi connectivity index (χ3n) is 3.00. The van der Waals surface area contributed by atoms with Crippen LogP contribution in [0.2, 0.25) is 0 Å². The third-order valence-corrected chi connectivity index (χ3v) is 3.91. The van der Waals surface area contributed by atoms with E-state index in [1.54, 1.807) is 24.3 Å². The first-order valence-electron chi connectivity index (χ1n) is 6.27. The Morgan fingerprint density at radius 2 is 1.86 bits per heavy atom. The molecule has 3 aromatic rings. The van der Waals surface area contributed by atoms with Crippen LogP contribution in [0.25, 0.3) is 5.65 Å². The second-order valence-corrected chi connectivity index (χ2v) is 5.53. The van der Waals surface area contributed by atoms with Crippen molar-refractivity contribution in [1.82, 2.24) is 9.38 Å². The summed E-state index contributed by atoms with van der Waals surface area (Å²) in [6, 6.07) is 10.9. The molecule has 3 nitrogen and oxygen atoms in total. The fraction of sp³-hybridized carbons (Fsp3) is 0.0667. The molecule has 0 saturated heterocycles. The van der Waals surface area contributed by atoms with Gasteiger partial charge in [-0.3, -0.25) is 9.20 Å². The number of aromatic nitrogens is 2. The van der Waals surface area contributed by atoms with Crippen LogP contribution in [0.4, 0.5) is 13.2 Å². The molecule has 0 atom stereocenters. The average Bonchev–Trinajstić information content (AvgIpc) is 2.90. The Morgan fingerprint density at radius 3 is 2.55 bits per heavy atom. The molecule has 0 fully saturated rings. The number of pyridine rings is 1. The van der Waals surface area contributed by atoms with Gasteiger partial charge in [-0.1, -0.05) is 18.2 Å². The fourth-order valence-electron chi connectivity index (χ4n) is 1.96. The van der Waals surface area contributed by atoms with Gasteiger partial charge in [0, 0.05) is 11.1 Å². The van der Waals surface area contributed by atoms with Crippen molar-refractivity contribution in [2.24, 2.45) is 0 Å². The van der Waals surface area contributed by atoms with Gasteiger partial charge in [-0.2, -0.15) is 13.2 Å². The van der Waals surface area contributed by atoms with Crippen LogP contribution in [-0.4, -0.2) is 14.5 Å². The van der Waals surface area contributed by atoms with E-state index in [0.29, 0.717) is 0 Å². The number of carbonyl (C=O) groups excluding carboxylic acids is 1. The molecule has 0 aliphatic rings. The molecule has 22 heavy (non-hydrogen) atoms. The first-order chi connectivity index (χ1) is 10.4. The lowest BCUT2D eigenvalue weighted by atomic mass is 10.2. The fourth-order valence-corrected chi connectivity index (χ4v) is 2.72. The number of alkyl halides is 3. The lowest BCUT2D eigenvalue weighted by Gasteiger charge is -2.07. The van der Waals surface area contributed by atoms with E-state index in [1.165, 1.54) is 16.8 Å². The predicted molar refractivity (Wildman–Crippen MR) is 76.8 cm³/mol. The molecule has 0 N–H and O–H groups in total. The van der Waals surface area contributed by atoms with Gasteiger partial charge in [0.1, 0.15) is 11.3 Å². The molecule has 7 heteroatoms. The maximum Gasteiger partial charge on any atom is 0.416 e. The number of thioether (sulfide) groups is 1. The molecule has 0 aliphatic carbocycles. The molecule has 2 aromatic heterocycles. The molecule has 0 saturated carbocycles. The maximum absolute atomic E-state index is 12.7. The Hall–Kier alpha value is -2.28. The number of hydrogen-bond donors (Lipinski definition) is 0. The van der Waals surface area contributed by atoms with E-state index >= 15 is 0 Å². The van der Waals surface area contributed by atoms with E-state index in [4.69, 9.17) is 0 Å². The molecule has 0 spiro atoms. The van der Waals surface area contributed by atoms with Crippen LogP contribution in [0.3, 0.4) is 0 Å². The van der Waals surface area contributed by atoms with Crippen molar-refractivity contribution < 1.29 is 18.0 Å². The van der Waals surface area contributed by atoms with Gasteiger partial charge in [-0.25, -0.2) is 4.98 Å². The van der Waals surface area contributed by atoms with E-state index < -0.39 is 11.7 Å². The zero-order chi connectivity index (χ0) is 15.7. The Balaban J connectivity index is 1.93. The van der Waals surface area contributed by atoms with Gasteiger partial charge in [0.15, 0.2) is 0 Å². The van der Waals surface area contributed by atoms with Gasteiger partial charge in [-0.05, 0) is 36.0 Å². The van der Waals surface area contributed by atoms with Gasteiger partial charge in [-0.15, -0.1) is 0 Å². The summed E-state index contributed by atoms with van der Waals surface area (Å²) >= 11 is 1.00. The quantitative estimate of drug-likeness (QED) is 0.660. The zero-order valence-electron chi connectivity index (χ0n) is 11.0. The van der Waals surface area contributed by atoms with Gasteiger partial charge < -0.3 is 0 Å². The Bertz CT molecular complexity index is 828. The van der Waals surface area contributed by atoms with E-state index in [2.05, 4.69) is 4.98 Å². The first kappa shape index (κ1) is 14.6. The molecular formula is C15H9F3N2OS. The summed E-state index contributed by atoms with van der Waals surface area (Å²) < 4.78 is 39.3. The second-order valence-electron chi connectivity index (χ2n) is 4.49. The summed E-state index contributed by atoms with van der Waals surface area (Å²) in [6.45, 7) is 0.